The van der Waals surface area contributed by atoms with Crippen molar-refractivity contribution in [3.63, 3.8) is 0 Å². The number of rotatable bonds is 5. The van der Waals surface area contributed by atoms with E-state index in [2.05, 4.69) is 4.98 Å². The smallest absolute Gasteiger partial charge is 0.325 e. The molecule has 0 saturated carbocycles. The zero-order valence-corrected chi connectivity index (χ0v) is 10.5. The predicted octanol–water partition coefficient (Wildman–Crippen LogP) is 2.31. The first-order valence-corrected chi connectivity index (χ1v) is 5.76. The fraction of sp³-hybridized carbons (Fsp3) is 0.583. The molecule has 1 aromatic heterocycles. The van der Waals surface area contributed by atoms with Crippen LogP contribution in [0.5, 0.6) is 0 Å². The lowest BCUT2D eigenvalue weighted by Crippen LogP contribution is -2.38. The topological polar surface area (TPSA) is 42.2 Å². The van der Waals surface area contributed by atoms with Crippen LogP contribution in [-0.2, 0) is 13.1 Å². The summed E-state index contributed by atoms with van der Waals surface area (Å²) in [5, 5.41) is 0. The van der Waals surface area contributed by atoms with Gasteiger partial charge in [-0.25, -0.2) is 0 Å². The Hall–Kier alpha value is -1.14. The van der Waals surface area contributed by atoms with E-state index in [9.17, 15) is 13.2 Å². The molecule has 0 aliphatic rings. The van der Waals surface area contributed by atoms with E-state index in [1.165, 1.54) is 4.90 Å². The summed E-state index contributed by atoms with van der Waals surface area (Å²) < 4.78 is 37.3. The number of halogens is 3. The Labute approximate surface area is 105 Å². The average Bonchev–Trinajstić information content (AvgIpc) is 2.26. The second-order valence-corrected chi connectivity index (χ2v) is 4.47. The molecular formula is C12H18F3N3. The summed E-state index contributed by atoms with van der Waals surface area (Å²) in [4.78, 5) is 5.39. The Balaban J connectivity index is 2.76. The van der Waals surface area contributed by atoms with Crippen LogP contribution in [-0.4, -0.2) is 28.6 Å². The van der Waals surface area contributed by atoms with E-state index in [4.69, 9.17) is 5.73 Å². The van der Waals surface area contributed by atoms with Crippen LogP contribution in [0.25, 0.3) is 0 Å². The minimum atomic E-state index is -4.19. The summed E-state index contributed by atoms with van der Waals surface area (Å²) in [5.74, 6) is 0. The maximum absolute atomic E-state index is 12.4. The number of nitrogens with zero attached hydrogens (tertiary/aromatic N) is 2. The third-order valence-corrected chi connectivity index (χ3v) is 2.59. The molecule has 0 aliphatic carbocycles. The maximum Gasteiger partial charge on any atom is 0.401 e. The number of aromatic nitrogens is 1. The van der Waals surface area contributed by atoms with Gasteiger partial charge in [0.15, 0.2) is 0 Å². The summed E-state index contributed by atoms with van der Waals surface area (Å²) in [7, 11) is 0. The molecule has 3 nitrogen and oxygen atoms in total. The van der Waals surface area contributed by atoms with Gasteiger partial charge in [-0.05, 0) is 31.5 Å². The van der Waals surface area contributed by atoms with Crippen LogP contribution >= 0.6 is 0 Å². The second-order valence-electron chi connectivity index (χ2n) is 4.47. The van der Waals surface area contributed by atoms with Crippen LogP contribution in [0, 0.1) is 0 Å². The van der Waals surface area contributed by atoms with Crippen molar-refractivity contribution < 1.29 is 13.2 Å². The summed E-state index contributed by atoms with van der Waals surface area (Å²) in [5.41, 5.74) is 6.93. The van der Waals surface area contributed by atoms with Gasteiger partial charge in [0.1, 0.15) is 0 Å². The molecule has 102 valence electrons. The highest BCUT2D eigenvalue weighted by atomic mass is 19.4. The van der Waals surface area contributed by atoms with Crippen molar-refractivity contribution in [3.8, 4) is 0 Å². The van der Waals surface area contributed by atoms with Gasteiger partial charge in [0, 0.05) is 25.3 Å². The number of alkyl halides is 3. The van der Waals surface area contributed by atoms with Gasteiger partial charge in [0.25, 0.3) is 0 Å². The Bertz CT molecular complexity index is 377. The first-order chi connectivity index (χ1) is 8.31. The maximum atomic E-state index is 12.4. The number of hydrogen-bond acceptors (Lipinski definition) is 3. The molecular weight excluding hydrogens is 243 g/mol. The van der Waals surface area contributed by atoms with E-state index in [1.807, 2.05) is 0 Å². The van der Waals surface area contributed by atoms with E-state index in [0.29, 0.717) is 5.69 Å². The first kappa shape index (κ1) is 14.9. The molecule has 0 unspecified atom stereocenters. The van der Waals surface area contributed by atoms with Gasteiger partial charge in [-0.2, -0.15) is 13.2 Å². The van der Waals surface area contributed by atoms with Gasteiger partial charge in [0.05, 0.1) is 12.2 Å². The highest BCUT2D eigenvalue weighted by Crippen LogP contribution is 2.19. The standard InChI is InChI=1S/C12H18F3N3/c1-9(2)18(8-12(13,14)15)7-10-3-4-17-11(5-10)6-16/h3-5,9H,6-8,16H2,1-2H3. The molecule has 1 aromatic rings. The molecule has 0 aliphatic heterocycles. The molecule has 0 fully saturated rings. The fourth-order valence-corrected chi connectivity index (χ4v) is 1.62. The largest absolute Gasteiger partial charge is 0.401 e. The van der Waals surface area contributed by atoms with Crippen molar-refractivity contribution >= 4 is 0 Å². The quantitative estimate of drug-likeness (QED) is 0.884. The zero-order chi connectivity index (χ0) is 13.8. The van der Waals surface area contributed by atoms with E-state index < -0.39 is 12.7 Å². The van der Waals surface area contributed by atoms with Crippen molar-refractivity contribution in [1.82, 2.24) is 9.88 Å². The molecule has 6 heteroatoms. The average molecular weight is 261 g/mol. The Morgan fingerprint density at radius 2 is 2.06 bits per heavy atom. The highest BCUT2D eigenvalue weighted by Gasteiger charge is 2.31. The Kier molecular flexibility index (Phi) is 5.10. The number of hydrogen-bond donors (Lipinski definition) is 1. The van der Waals surface area contributed by atoms with Crippen LogP contribution in [0.2, 0.25) is 0 Å². The first-order valence-electron chi connectivity index (χ1n) is 5.76. The van der Waals surface area contributed by atoms with Crippen molar-refractivity contribution in [2.24, 2.45) is 5.73 Å². The van der Waals surface area contributed by atoms with Gasteiger partial charge >= 0.3 is 6.18 Å². The van der Waals surface area contributed by atoms with Crippen LogP contribution in [0.3, 0.4) is 0 Å². The van der Waals surface area contributed by atoms with Gasteiger partial charge in [-0.15, -0.1) is 0 Å². The van der Waals surface area contributed by atoms with Gasteiger partial charge < -0.3 is 5.73 Å². The van der Waals surface area contributed by atoms with Crippen LogP contribution in [0.15, 0.2) is 18.3 Å². The summed E-state index contributed by atoms with van der Waals surface area (Å²) in [6.45, 7) is 3.11. The third-order valence-electron chi connectivity index (χ3n) is 2.59. The lowest BCUT2D eigenvalue weighted by molar-refractivity contribution is -0.150. The monoisotopic (exact) mass is 261 g/mol. The molecule has 0 amide bonds. The molecule has 1 heterocycles. The zero-order valence-electron chi connectivity index (χ0n) is 10.5. The molecule has 1 rings (SSSR count). The Morgan fingerprint density at radius 1 is 1.39 bits per heavy atom. The third kappa shape index (κ3) is 5.01. The lowest BCUT2D eigenvalue weighted by atomic mass is 10.2. The van der Waals surface area contributed by atoms with Crippen LogP contribution in [0.1, 0.15) is 25.1 Å². The van der Waals surface area contributed by atoms with Gasteiger partial charge in [0.2, 0.25) is 0 Å². The van der Waals surface area contributed by atoms with E-state index in [-0.39, 0.29) is 19.1 Å². The minimum absolute atomic E-state index is 0.180. The van der Waals surface area contributed by atoms with Crippen molar-refractivity contribution in [3.05, 3.63) is 29.6 Å². The fourth-order valence-electron chi connectivity index (χ4n) is 1.62. The molecule has 18 heavy (non-hydrogen) atoms. The van der Waals surface area contributed by atoms with E-state index in [0.717, 1.165) is 5.56 Å². The van der Waals surface area contributed by atoms with Crippen molar-refractivity contribution in [2.75, 3.05) is 6.54 Å². The molecule has 0 aromatic carbocycles. The predicted molar refractivity (Wildman–Crippen MR) is 63.7 cm³/mol. The summed E-state index contributed by atoms with van der Waals surface area (Å²) in [6.07, 6.45) is -2.61. The number of pyridine rings is 1. The van der Waals surface area contributed by atoms with E-state index in [1.54, 1.807) is 32.2 Å². The van der Waals surface area contributed by atoms with Crippen LogP contribution < -0.4 is 5.73 Å². The molecule has 0 atom stereocenters. The van der Waals surface area contributed by atoms with Gasteiger partial charge in [-0.3, -0.25) is 9.88 Å². The van der Waals surface area contributed by atoms with Crippen molar-refractivity contribution in [1.29, 1.82) is 0 Å². The summed E-state index contributed by atoms with van der Waals surface area (Å²) >= 11 is 0. The molecule has 0 radical (unpaired) electrons. The Morgan fingerprint density at radius 3 is 2.56 bits per heavy atom. The molecule has 2 N–H and O–H groups in total. The second kappa shape index (κ2) is 6.15. The van der Waals surface area contributed by atoms with E-state index >= 15 is 0 Å². The molecule has 0 bridgehead atoms. The molecule has 0 saturated heterocycles. The normalized spacial score (nSPS) is 12.4. The summed E-state index contributed by atoms with van der Waals surface area (Å²) in [6, 6.07) is 3.28. The SMILES string of the molecule is CC(C)N(Cc1ccnc(CN)c1)CC(F)(F)F. The number of nitrogens with two attached hydrogens (primary N) is 1. The lowest BCUT2D eigenvalue weighted by Gasteiger charge is -2.27. The molecule has 0 spiro atoms. The van der Waals surface area contributed by atoms with Crippen LogP contribution in [0.4, 0.5) is 13.2 Å². The van der Waals surface area contributed by atoms with Gasteiger partial charge in [-0.1, -0.05) is 0 Å². The van der Waals surface area contributed by atoms with Crippen molar-refractivity contribution in [2.45, 2.75) is 39.2 Å². The highest BCUT2D eigenvalue weighted by molar-refractivity contribution is 5.16. The minimum Gasteiger partial charge on any atom is -0.325 e.